The van der Waals surface area contributed by atoms with E-state index < -0.39 is 10.8 Å². The number of carbonyl (C=O) groups excluding carboxylic acids is 1. The van der Waals surface area contributed by atoms with Crippen LogP contribution >= 0.6 is 11.6 Å². The summed E-state index contributed by atoms with van der Waals surface area (Å²) in [4.78, 5) is 22.6. The molecule has 8 nitrogen and oxygen atoms in total. The highest BCUT2D eigenvalue weighted by molar-refractivity contribution is 6.32. The first-order valence-corrected chi connectivity index (χ1v) is 9.31. The summed E-state index contributed by atoms with van der Waals surface area (Å²) in [6.45, 7) is 3.93. The van der Waals surface area contributed by atoms with E-state index in [-0.39, 0.29) is 18.2 Å². The van der Waals surface area contributed by atoms with E-state index in [1.54, 1.807) is 24.3 Å². The molecule has 9 heteroatoms. The van der Waals surface area contributed by atoms with Gasteiger partial charge in [-0.25, -0.2) is 5.43 Å². The lowest BCUT2D eigenvalue weighted by Gasteiger charge is -2.17. The second kappa shape index (κ2) is 10.4. The fourth-order valence-electron chi connectivity index (χ4n) is 2.44. The summed E-state index contributed by atoms with van der Waals surface area (Å²) in [5.41, 5.74) is 3.14. The SMILES string of the molecule is CC[C@@H](C)Oc1c(Cl)cc(/C=N/NC(=O)Cc2ccccc2[N+](=O)[O-])cc1OC. The van der Waals surface area contributed by atoms with Crippen LogP contribution in [0.4, 0.5) is 5.69 Å². The molecule has 0 radical (unpaired) electrons. The highest BCUT2D eigenvalue weighted by Gasteiger charge is 2.16. The first kappa shape index (κ1) is 22.2. The van der Waals surface area contributed by atoms with E-state index in [1.807, 2.05) is 13.8 Å². The molecule has 1 atom stereocenters. The summed E-state index contributed by atoms with van der Waals surface area (Å²) in [5.74, 6) is 0.414. The number of hydrogen-bond donors (Lipinski definition) is 1. The van der Waals surface area contributed by atoms with E-state index in [0.29, 0.717) is 27.6 Å². The number of hydrogen-bond acceptors (Lipinski definition) is 6. The third-order valence-corrected chi connectivity index (χ3v) is 4.37. The molecule has 0 aliphatic rings. The van der Waals surface area contributed by atoms with Gasteiger partial charge in [0, 0.05) is 11.6 Å². The number of methoxy groups -OCH3 is 1. The molecule has 0 aliphatic carbocycles. The maximum atomic E-state index is 12.1. The standard InChI is InChI=1S/C20H22ClN3O5/c1-4-13(2)29-20-16(21)9-14(10-18(20)28-3)12-22-23-19(25)11-15-7-5-6-8-17(15)24(26)27/h5-10,12-13H,4,11H2,1-3H3,(H,23,25)/b22-12+/t13-/m1/s1. The van der Waals surface area contributed by atoms with Gasteiger partial charge in [-0.3, -0.25) is 14.9 Å². The number of para-hydroxylation sites is 1. The minimum absolute atomic E-state index is 0.0257. The first-order valence-electron chi connectivity index (χ1n) is 8.94. The van der Waals surface area contributed by atoms with Crippen molar-refractivity contribution in [1.82, 2.24) is 5.43 Å². The minimum atomic E-state index is -0.525. The number of halogens is 1. The molecule has 2 aromatic rings. The molecule has 1 N–H and O–H groups in total. The Hall–Kier alpha value is -3.13. The van der Waals surface area contributed by atoms with Crippen LogP contribution in [0.5, 0.6) is 11.5 Å². The second-order valence-electron chi connectivity index (χ2n) is 6.23. The predicted octanol–water partition coefficient (Wildman–Crippen LogP) is 4.13. The Morgan fingerprint density at radius 2 is 2.10 bits per heavy atom. The summed E-state index contributed by atoms with van der Waals surface area (Å²) in [5, 5.41) is 15.3. The number of carbonyl (C=O) groups is 1. The Balaban J connectivity index is 2.07. The molecule has 154 valence electrons. The molecule has 0 fully saturated rings. The summed E-state index contributed by atoms with van der Waals surface area (Å²) < 4.78 is 11.1. The Labute approximate surface area is 173 Å². The molecule has 0 aromatic heterocycles. The smallest absolute Gasteiger partial charge is 0.273 e. The Kier molecular flexibility index (Phi) is 7.97. The van der Waals surface area contributed by atoms with Crippen molar-refractivity contribution in [1.29, 1.82) is 0 Å². The van der Waals surface area contributed by atoms with Crippen LogP contribution in [0.2, 0.25) is 5.02 Å². The number of nitro benzene ring substituents is 1. The zero-order valence-corrected chi connectivity index (χ0v) is 17.1. The van der Waals surface area contributed by atoms with Crippen molar-refractivity contribution in [3.63, 3.8) is 0 Å². The van der Waals surface area contributed by atoms with E-state index in [4.69, 9.17) is 21.1 Å². The molecular weight excluding hydrogens is 398 g/mol. The lowest BCUT2D eigenvalue weighted by atomic mass is 10.1. The molecule has 1 amide bonds. The van der Waals surface area contributed by atoms with Crippen molar-refractivity contribution in [2.45, 2.75) is 32.8 Å². The van der Waals surface area contributed by atoms with Gasteiger partial charge in [0.15, 0.2) is 11.5 Å². The monoisotopic (exact) mass is 419 g/mol. The third kappa shape index (κ3) is 6.18. The van der Waals surface area contributed by atoms with E-state index in [1.165, 1.54) is 25.5 Å². The van der Waals surface area contributed by atoms with Gasteiger partial charge in [-0.1, -0.05) is 36.7 Å². The molecular formula is C20H22ClN3O5. The quantitative estimate of drug-likeness (QED) is 0.374. The zero-order valence-electron chi connectivity index (χ0n) is 16.3. The van der Waals surface area contributed by atoms with Crippen molar-refractivity contribution in [2.75, 3.05) is 7.11 Å². The second-order valence-corrected chi connectivity index (χ2v) is 6.63. The van der Waals surface area contributed by atoms with E-state index in [2.05, 4.69) is 10.5 Å². The van der Waals surface area contributed by atoms with Gasteiger partial charge in [-0.2, -0.15) is 5.10 Å². The van der Waals surface area contributed by atoms with Crippen LogP contribution in [0.1, 0.15) is 31.4 Å². The van der Waals surface area contributed by atoms with Crippen LogP contribution in [0, 0.1) is 10.1 Å². The lowest BCUT2D eigenvalue weighted by Crippen LogP contribution is -2.20. The van der Waals surface area contributed by atoms with Crippen molar-refractivity contribution in [2.24, 2.45) is 5.10 Å². The molecule has 0 aliphatic heterocycles. The zero-order chi connectivity index (χ0) is 21.4. The highest BCUT2D eigenvalue weighted by Crippen LogP contribution is 2.37. The summed E-state index contributed by atoms with van der Waals surface area (Å²) in [6, 6.07) is 9.38. The van der Waals surface area contributed by atoms with Gasteiger partial charge in [-0.05, 0) is 31.0 Å². The van der Waals surface area contributed by atoms with Crippen molar-refractivity contribution >= 4 is 29.4 Å². The van der Waals surface area contributed by atoms with Crippen molar-refractivity contribution < 1.29 is 19.2 Å². The van der Waals surface area contributed by atoms with Gasteiger partial charge in [0.25, 0.3) is 5.69 Å². The third-order valence-electron chi connectivity index (χ3n) is 4.09. The number of ether oxygens (including phenoxy) is 2. The normalized spacial score (nSPS) is 11.9. The number of nitrogens with zero attached hydrogens (tertiary/aromatic N) is 2. The largest absolute Gasteiger partial charge is 0.493 e. The van der Waals surface area contributed by atoms with Gasteiger partial charge >= 0.3 is 0 Å². The van der Waals surface area contributed by atoms with E-state index >= 15 is 0 Å². The maximum absolute atomic E-state index is 12.1. The Morgan fingerprint density at radius 3 is 2.76 bits per heavy atom. The Morgan fingerprint density at radius 1 is 1.38 bits per heavy atom. The topological polar surface area (TPSA) is 103 Å². The van der Waals surface area contributed by atoms with Crippen molar-refractivity contribution in [3.05, 3.63) is 62.7 Å². The molecule has 0 spiro atoms. The summed E-state index contributed by atoms with van der Waals surface area (Å²) >= 11 is 6.29. The molecule has 2 aromatic carbocycles. The van der Waals surface area contributed by atoms with Crippen LogP contribution in [-0.4, -0.2) is 30.3 Å². The van der Waals surface area contributed by atoms with Gasteiger partial charge in [0.2, 0.25) is 5.91 Å². The molecule has 0 unspecified atom stereocenters. The van der Waals surface area contributed by atoms with Gasteiger partial charge in [0.1, 0.15) is 0 Å². The molecule has 2 rings (SSSR count). The maximum Gasteiger partial charge on any atom is 0.273 e. The fraction of sp³-hybridized carbons (Fsp3) is 0.300. The fourth-order valence-corrected chi connectivity index (χ4v) is 2.71. The van der Waals surface area contributed by atoms with Gasteiger partial charge < -0.3 is 9.47 Å². The summed E-state index contributed by atoms with van der Waals surface area (Å²) in [6.07, 6.45) is 2.02. The highest BCUT2D eigenvalue weighted by atomic mass is 35.5. The van der Waals surface area contributed by atoms with E-state index in [0.717, 1.165) is 6.42 Å². The predicted molar refractivity (Wildman–Crippen MR) is 111 cm³/mol. The molecule has 0 bridgehead atoms. The van der Waals surface area contributed by atoms with Gasteiger partial charge in [-0.15, -0.1) is 0 Å². The lowest BCUT2D eigenvalue weighted by molar-refractivity contribution is -0.385. The van der Waals surface area contributed by atoms with Crippen molar-refractivity contribution in [3.8, 4) is 11.5 Å². The summed E-state index contributed by atoms with van der Waals surface area (Å²) in [7, 11) is 1.50. The van der Waals surface area contributed by atoms with Crippen LogP contribution < -0.4 is 14.9 Å². The number of amides is 1. The molecule has 0 saturated heterocycles. The number of hydrazone groups is 1. The minimum Gasteiger partial charge on any atom is -0.493 e. The molecule has 29 heavy (non-hydrogen) atoms. The number of rotatable bonds is 9. The Bertz CT molecular complexity index is 917. The van der Waals surface area contributed by atoms with Gasteiger partial charge in [0.05, 0.1) is 35.8 Å². The van der Waals surface area contributed by atoms with Crippen LogP contribution in [0.3, 0.4) is 0 Å². The van der Waals surface area contributed by atoms with Crippen LogP contribution in [0.15, 0.2) is 41.5 Å². The number of nitro groups is 1. The first-order chi connectivity index (χ1) is 13.8. The molecule has 0 heterocycles. The van der Waals surface area contributed by atoms with E-state index in [9.17, 15) is 14.9 Å². The molecule has 0 saturated carbocycles. The van der Waals surface area contributed by atoms with Crippen LogP contribution in [-0.2, 0) is 11.2 Å². The van der Waals surface area contributed by atoms with Crippen LogP contribution in [0.25, 0.3) is 0 Å². The average molecular weight is 420 g/mol. The number of nitrogens with one attached hydrogen (secondary N) is 1. The number of benzene rings is 2. The average Bonchev–Trinajstić information content (AvgIpc) is 2.69.